The average molecular weight is 890 g/mol. The molecule has 2 saturated heterocycles. The van der Waals surface area contributed by atoms with E-state index in [1.807, 2.05) is 18.3 Å². The standard InChI is InChI=1S/C51H71N9O5/c1-4-36(5-2)32-52-50-53-33-42-43(35-59(48(42)55-50)40-17-19-41(61)20-18-40)39-15-12-38(13-16-39)34-58-27-25-57(26-28-58)24-8-10-30-65-29-9-6-7-11-37-14-21-44-46(31-37)56(3)51(64)60(44)45-22-23-47(62)54-49(45)63/h12-16,21,31,33,35-36,40-41,45,61H,4-11,17-20,22-30,32,34H2,1-3H3,(H,52,53,55)(H,54,62,63). The van der Waals surface area contributed by atoms with Crippen LogP contribution < -0.4 is 16.3 Å². The van der Waals surface area contributed by atoms with Gasteiger partial charge in [-0.2, -0.15) is 4.98 Å². The number of fused-ring (bicyclic) bond motifs is 2. The number of piperazine rings is 1. The molecule has 0 radical (unpaired) electrons. The number of anilines is 1. The van der Waals surface area contributed by atoms with Gasteiger partial charge in [0.25, 0.3) is 0 Å². The predicted molar refractivity (Wildman–Crippen MR) is 257 cm³/mol. The molecule has 5 heterocycles. The lowest BCUT2D eigenvalue weighted by Gasteiger charge is -2.34. The Labute approximate surface area is 383 Å². The molecule has 1 unspecified atom stereocenters. The molecule has 350 valence electrons. The summed E-state index contributed by atoms with van der Waals surface area (Å²) in [7, 11) is 1.74. The minimum Gasteiger partial charge on any atom is -0.393 e. The van der Waals surface area contributed by atoms with E-state index >= 15 is 0 Å². The molecule has 3 N–H and O–H groups in total. The van der Waals surface area contributed by atoms with Gasteiger partial charge in [-0.05, 0) is 105 Å². The molecule has 8 rings (SSSR count). The van der Waals surface area contributed by atoms with Crippen molar-refractivity contribution in [3.63, 3.8) is 0 Å². The Balaban J connectivity index is 0.722. The number of ether oxygens (including phenoxy) is 1. The molecule has 3 fully saturated rings. The Morgan fingerprint density at radius 2 is 1.57 bits per heavy atom. The van der Waals surface area contributed by atoms with E-state index in [1.165, 1.54) is 26.8 Å². The van der Waals surface area contributed by atoms with E-state index in [-0.39, 0.29) is 24.1 Å². The third kappa shape index (κ3) is 11.4. The highest BCUT2D eigenvalue weighted by Crippen LogP contribution is 2.37. The molecule has 0 bridgehead atoms. The Morgan fingerprint density at radius 1 is 0.846 bits per heavy atom. The van der Waals surface area contributed by atoms with Crippen molar-refractivity contribution in [2.75, 3.05) is 57.8 Å². The van der Waals surface area contributed by atoms with Crippen LogP contribution in [0, 0.1) is 5.92 Å². The number of aromatic nitrogens is 5. The van der Waals surface area contributed by atoms with Gasteiger partial charge in [0.05, 0.1) is 17.1 Å². The van der Waals surface area contributed by atoms with E-state index < -0.39 is 11.9 Å². The highest BCUT2D eigenvalue weighted by atomic mass is 16.5. The number of carbonyl (C=O) groups is 2. The minimum absolute atomic E-state index is 0.198. The molecule has 0 spiro atoms. The molecule has 3 aliphatic rings. The summed E-state index contributed by atoms with van der Waals surface area (Å²) >= 11 is 0. The van der Waals surface area contributed by atoms with E-state index in [4.69, 9.17) is 14.7 Å². The highest BCUT2D eigenvalue weighted by Gasteiger charge is 2.31. The molecule has 2 aliphatic heterocycles. The lowest BCUT2D eigenvalue weighted by molar-refractivity contribution is -0.135. The Hall–Kier alpha value is -4.89. The lowest BCUT2D eigenvalue weighted by Crippen LogP contribution is -2.46. The number of carbonyl (C=O) groups excluding carboxylic acids is 2. The molecule has 1 aliphatic carbocycles. The molecular weight excluding hydrogens is 819 g/mol. The van der Waals surface area contributed by atoms with Crippen molar-refractivity contribution in [1.29, 1.82) is 0 Å². The fourth-order valence-corrected chi connectivity index (χ4v) is 10.1. The second kappa shape index (κ2) is 22.1. The van der Waals surface area contributed by atoms with Crippen molar-refractivity contribution in [1.82, 2.24) is 38.8 Å². The predicted octanol–water partition coefficient (Wildman–Crippen LogP) is 7.38. The Morgan fingerprint density at radius 3 is 2.31 bits per heavy atom. The summed E-state index contributed by atoms with van der Waals surface area (Å²) in [6, 6.07) is 14.8. The quantitative estimate of drug-likeness (QED) is 0.0503. The summed E-state index contributed by atoms with van der Waals surface area (Å²) in [6.45, 7) is 13.4. The monoisotopic (exact) mass is 890 g/mol. The fourth-order valence-electron chi connectivity index (χ4n) is 10.1. The zero-order chi connectivity index (χ0) is 45.3. The maximum Gasteiger partial charge on any atom is 0.329 e. The Kier molecular flexibility index (Phi) is 15.8. The number of hydrogen-bond acceptors (Lipinski definition) is 10. The number of aryl methyl sites for hydroxylation is 2. The van der Waals surface area contributed by atoms with Crippen molar-refractivity contribution in [2.45, 2.75) is 128 Å². The van der Waals surface area contributed by atoms with Gasteiger partial charge in [0.2, 0.25) is 17.8 Å². The van der Waals surface area contributed by atoms with Gasteiger partial charge in [0.1, 0.15) is 11.7 Å². The number of imide groups is 1. The number of nitrogens with one attached hydrogen (secondary N) is 2. The minimum atomic E-state index is -0.663. The number of hydrogen-bond donors (Lipinski definition) is 3. The van der Waals surface area contributed by atoms with Gasteiger partial charge in [-0.3, -0.25) is 28.9 Å². The van der Waals surface area contributed by atoms with Crippen LogP contribution in [0.3, 0.4) is 0 Å². The SMILES string of the molecule is CCC(CC)CNc1ncc2c(-c3ccc(CN4CCN(CCCCOCCCCCc5ccc6c(c5)n(C)c(=O)n6C5CCC(=O)NC5=O)CC4)cc3)cn(C3CCC(O)CC3)c2n1. The first-order chi connectivity index (χ1) is 31.7. The number of piperidine rings is 1. The van der Waals surface area contributed by atoms with Gasteiger partial charge in [-0.1, -0.05) is 63.4 Å². The van der Waals surface area contributed by atoms with Crippen LogP contribution in [0.2, 0.25) is 0 Å². The van der Waals surface area contributed by atoms with Crippen molar-refractivity contribution in [3.05, 3.63) is 76.5 Å². The third-order valence-corrected chi connectivity index (χ3v) is 14.4. The van der Waals surface area contributed by atoms with Crippen molar-refractivity contribution >= 4 is 39.8 Å². The number of aliphatic hydroxyl groups excluding tert-OH is 1. The van der Waals surface area contributed by atoms with Crippen LogP contribution in [-0.4, -0.2) is 109 Å². The summed E-state index contributed by atoms with van der Waals surface area (Å²) in [5.41, 5.74) is 7.15. The molecule has 2 aromatic carbocycles. The molecule has 1 atom stereocenters. The molecule has 14 heteroatoms. The number of imidazole rings is 1. The van der Waals surface area contributed by atoms with Crippen molar-refractivity contribution in [3.8, 4) is 11.1 Å². The third-order valence-electron chi connectivity index (χ3n) is 14.4. The van der Waals surface area contributed by atoms with Crippen molar-refractivity contribution in [2.24, 2.45) is 13.0 Å². The molecule has 65 heavy (non-hydrogen) atoms. The number of nitrogens with zero attached hydrogens (tertiary/aromatic N) is 7. The molecule has 2 amide bonds. The van der Waals surface area contributed by atoms with Crippen molar-refractivity contribution < 1.29 is 19.4 Å². The normalized spacial score (nSPS) is 20.0. The van der Waals surface area contributed by atoms with Crippen LogP contribution in [0.15, 0.2) is 59.7 Å². The van der Waals surface area contributed by atoms with E-state index in [9.17, 15) is 19.5 Å². The molecular formula is C51H71N9O5. The maximum atomic E-state index is 13.1. The second-order valence-corrected chi connectivity index (χ2v) is 18.9. The molecule has 3 aromatic heterocycles. The topological polar surface area (TPSA) is 152 Å². The van der Waals surface area contributed by atoms with E-state index in [1.54, 1.807) is 11.6 Å². The van der Waals surface area contributed by atoms with Gasteiger partial charge in [-0.15, -0.1) is 0 Å². The van der Waals surface area contributed by atoms with Crippen LogP contribution in [0.1, 0.15) is 121 Å². The first-order valence-corrected chi connectivity index (χ1v) is 24.6. The number of unbranched alkanes of at least 4 members (excludes halogenated alkanes) is 3. The van der Waals surface area contributed by atoms with Crippen LogP contribution in [0.25, 0.3) is 33.2 Å². The summed E-state index contributed by atoms with van der Waals surface area (Å²) in [5.74, 6) is 0.601. The first-order valence-electron chi connectivity index (χ1n) is 24.6. The fraction of sp³-hybridized carbons (Fsp3) is 0.588. The zero-order valence-electron chi connectivity index (χ0n) is 39.0. The van der Waals surface area contributed by atoms with Gasteiger partial charge < -0.3 is 24.6 Å². The molecule has 1 saturated carbocycles. The van der Waals surface area contributed by atoms with Gasteiger partial charge >= 0.3 is 5.69 Å². The highest BCUT2D eigenvalue weighted by molar-refractivity contribution is 6.00. The van der Waals surface area contributed by atoms with E-state index in [2.05, 4.69) is 75.4 Å². The van der Waals surface area contributed by atoms with E-state index in [0.717, 1.165) is 158 Å². The van der Waals surface area contributed by atoms with Gasteiger partial charge in [-0.25, -0.2) is 9.78 Å². The van der Waals surface area contributed by atoms with Crippen LogP contribution >= 0.6 is 0 Å². The number of rotatable bonds is 21. The Bertz CT molecular complexity index is 2420. The maximum absolute atomic E-state index is 13.1. The zero-order valence-corrected chi connectivity index (χ0v) is 39.0. The smallest absolute Gasteiger partial charge is 0.329 e. The van der Waals surface area contributed by atoms with E-state index in [0.29, 0.717) is 24.3 Å². The van der Waals surface area contributed by atoms with Crippen LogP contribution in [0.5, 0.6) is 0 Å². The average Bonchev–Trinajstić information content (AvgIpc) is 3.81. The van der Waals surface area contributed by atoms with Gasteiger partial charge in [0.15, 0.2) is 0 Å². The first kappa shape index (κ1) is 46.6. The number of amides is 2. The van der Waals surface area contributed by atoms with Gasteiger partial charge in [0, 0.05) is 95.3 Å². The second-order valence-electron chi connectivity index (χ2n) is 18.9. The molecule has 5 aromatic rings. The largest absolute Gasteiger partial charge is 0.393 e. The molecule has 14 nitrogen and oxygen atoms in total. The number of benzene rings is 2. The summed E-state index contributed by atoms with van der Waals surface area (Å²) in [4.78, 5) is 52.2. The summed E-state index contributed by atoms with van der Waals surface area (Å²) < 4.78 is 11.5. The summed E-state index contributed by atoms with van der Waals surface area (Å²) in [5, 5.41) is 17.2. The van der Waals surface area contributed by atoms with Crippen LogP contribution in [0.4, 0.5) is 5.95 Å². The lowest BCUT2D eigenvalue weighted by atomic mass is 9.93. The number of aliphatic hydroxyl groups is 1. The van der Waals surface area contributed by atoms with Crippen LogP contribution in [-0.2, 0) is 34.3 Å². The summed E-state index contributed by atoms with van der Waals surface area (Å²) in [6.07, 6.45) is 16.8.